The van der Waals surface area contributed by atoms with Gasteiger partial charge in [0.05, 0.1) is 12.0 Å². The zero-order chi connectivity index (χ0) is 15.1. The van der Waals surface area contributed by atoms with Crippen LogP contribution in [0.4, 0.5) is 0 Å². The second-order valence-electron chi connectivity index (χ2n) is 6.05. The molecule has 2 N–H and O–H groups in total. The SMILES string of the molecule is CCC1OCCC1C(=O)NC[C@H](CC(=O)O)CC(C)C. The minimum absolute atomic E-state index is 0.00107. The van der Waals surface area contributed by atoms with Crippen LogP contribution in [-0.2, 0) is 14.3 Å². The molecule has 1 saturated heterocycles. The van der Waals surface area contributed by atoms with Crippen LogP contribution in [0.1, 0.15) is 46.5 Å². The van der Waals surface area contributed by atoms with Gasteiger partial charge in [-0.05, 0) is 31.1 Å². The molecule has 5 nitrogen and oxygen atoms in total. The molecule has 0 saturated carbocycles. The van der Waals surface area contributed by atoms with Gasteiger partial charge in [0.1, 0.15) is 0 Å². The average molecular weight is 285 g/mol. The Bertz CT molecular complexity index is 330. The van der Waals surface area contributed by atoms with Gasteiger partial charge in [0, 0.05) is 19.6 Å². The molecular weight excluding hydrogens is 258 g/mol. The maximum absolute atomic E-state index is 12.2. The molecule has 20 heavy (non-hydrogen) atoms. The average Bonchev–Trinajstić information content (AvgIpc) is 2.82. The molecule has 2 unspecified atom stereocenters. The molecule has 1 rings (SSSR count). The highest BCUT2D eigenvalue weighted by atomic mass is 16.5. The van der Waals surface area contributed by atoms with Gasteiger partial charge in [-0.15, -0.1) is 0 Å². The Labute approximate surface area is 121 Å². The van der Waals surface area contributed by atoms with E-state index >= 15 is 0 Å². The van der Waals surface area contributed by atoms with E-state index in [2.05, 4.69) is 19.2 Å². The molecule has 1 amide bonds. The summed E-state index contributed by atoms with van der Waals surface area (Å²) in [5.41, 5.74) is 0. The number of hydrogen-bond donors (Lipinski definition) is 2. The van der Waals surface area contributed by atoms with E-state index in [0.717, 1.165) is 19.3 Å². The van der Waals surface area contributed by atoms with Gasteiger partial charge >= 0.3 is 5.97 Å². The Morgan fingerprint density at radius 1 is 1.40 bits per heavy atom. The first-order chi connectivity index (χ1) is 9.43. The van der Waals surface area contributed by atoms with E-state index in [9.17, 15) is 9.59 Å². The lowest BCUT2D eigenvalue weighted by Gasteiger charge is -2.21. The maximum atomic E-state index is 12.2. The summed E-state index contributed by atoms with van der Waals surface area (Å²) in [7, 11) is 0. The van der Waals surface area contributed by atoms with Crippen LogP contribution in [0, 0.1) is 17.8 Å². The van der Waals surface area contributed by atoms with Crippen molar-refractivity contribution in [3.8, 4) is 0 Å². The molecule has 1 heterocycles. The minimum Gasteiger partial charge on any atom is -0.481 e. The lowest BCUT2D eigenvalue weighted by atomic mass is 9.93. The van der Waals surface area contributed by atoms with Crippen LogP contribution >= 0.6 is 0 Å². The number of rotatable bonds is 8. The number of ether oxygens (including phenoxy) is 1. The molecular formula is C15H27NO4. The minimum atomic E-state index is -0.805. The van der Waals surface area contributed by atoms with Crippen molar-refractivity contribution in [2.24, 2.45) is 17.8 Å². The first-order valence-electron chi connectivity index (χ1n) is 7.55. The lowest BCUT2D eigenvalue weighted by molar-refractivity contribution is -0.138. The molecule has 0 bridgehead atoms. The zero-order valence-corrected chi connectivity index (χ0v) is 12.7. The van der Waals surface area contributed by atoms with Gasteiger partial charge in [-0.2, -0.15) is 0 Å². The van der Waals surface area contributed by atoms with Crippen molar-refractivity contribution < 1.29 is 19.4 Å². The number of carbonyl (C=O) groups excluding carboxylic acids is 1. The van der Waals surface area contributed by atoms with Crippen molar-refractivity contribution in [1.82, 2.24) is 5.32 Å². The van der Waals surface area contributed by atoms with Crippen molar-refractivity contribution in [3.63, 3.8) is 0 Å². The Balaban J connectivity index is 2.45. The number of nitrogens with one attached hydrogen (secondary N) is 1. The summed E-state index contributed by atoms with van der Waals surface area (Å²) in [4.78, 5) is 23.0. The molecule has 0 aromatic rings. The fraction of sp³-hybridized carbons (Fsp3) is 0.867. The summed E-state index contributed by atoms with van der Waals surface area (Å²) in [6.45, 7) is 7.23. The van der Waals surface area contributed by atoms with E-state index < -0.39 is 5.97 Å². The van der Waals surface area contributed by atoms with Crippen LogP contribution in [-0.4, -0.2) is 36.2 Å². The van der Waals surface area contributed by atoms with Crippen LogP contribution in [0.25, 0.3) is 0 Å². The summed E-state index contributed by atoms with van der Waals surface area (Å²) < 4.78 is 5.52. The highest BCUT2D eigenvalue weighted by molar-refractivity contribution is 5.79. The Morgan fingerprint density at radius 2 is 2.10 bits per heavy atom. The molecule has 1 fully saturated rings. The summed E-state index contributed by atoms with van der Waals surface area (Å²) in [5.74, 6) is -0.452. The Kier molecular flexibility index (Phi) is 6.99. The fourth-order valence-electron chi connectivity index (χ4n) is 2.88. The number of carboxylic acids is 1. The summed E-state index contributed by atoms with van der Waals surface area (Å²) in [6, 6.07) is 0. The van der Waals surface area contributed by atoms with Crippen LogP contribution < -0.4 is 5.32 Å². The Morgan fingerprint density at radius 3 is 2.65 bits per heavy atom. The predicted octanol–water partition coefficient (Wildman–Crippen LogP) is 2.05. The molecule has 5 heteroatoms. The second kappa shape index (κ2) is 8.25. The third kappa shape index (κ3) is 5.49. The molecule has 0 aromatic carbocycles. The molecule has 1 aliphatic heterocycles. The van der Waals surface area contributed by atoms with E-state index in [4.69, 9.17) is 9.84 Å². The predicted molar refractivity (Wildman–Crippen MR) is 76.3 cm³/mol. The van der Waals surface area contributed by atoms with Crippen molar-refractivity contribution in [2.75, 3.05) is 13.2 Å². The smallest absolute Gasteiger partial charge is 0.303 e. The van der Waals surface area contributed by atoms with Gasteiger partial charge in [-0.25, -0.2) is 0 Å². The lowest BCUT2D eigenvalue weighted by Crippen LogP contribution is -2.38. The summed E-state index contributed by atoms with van der Waals surface area (Å²) in [6.07, 6.45) is 2.53. The highest BCUT2D eigenvalue weighted by Gasteiger charge is 2.32. The van der Waals surface area contributed by atoms with Crippen molar-refractivity contribution in [3.05, 3.63) is 0 Å². The number of carbonyl (C=O) groups is 2. The van der Waals surface area contributed by atoms with E-state index in [1.165, 1.54) is 0 Å². The van der Waals surface area contributed by atoms with Crippen molar-refractivity contribution >= 4 is 11.9 Å². The molecule has 0 aliphatic carbocycles. The first kappa shape index (κ1) is 17.0. The van der Waals surface area contributed by atoms with Gasteiger partial charge in [0.15, 0.2) is 0 Å². The molecule has 0 aromatic heterocycles. The van der Waals surface area contributed by atoms with E-state index in [-0.39, 0.29) is 30.3 Å². The van der Waals surface area contributed by atoms with E-state index in [0.29, 0.717) is 19.1 Å². The number of hydrogen-bond acceptors (Lipinski definition) is 3. The van der Waals surface area contributed by atoms with Crippen LogP contribution in [0.5, 0.6) is 0 Å². The Hall–Kier alpha value is -1.10. The first-order valence-corrected chi connectivity index (χ1v) is 7.55. The monoisotopic (exact) mass is 285 g/mol. The van der Waals surface area contributed by atoms with Crippen LogP contribution in [0.15, 0.2) is 0 Å². The van der Waals surface area contributed by atoms with Crippen LogP contribution in [0.2, 0.25) is 0 Å². The van der Waals surface area contributed by atoms with Gasteiger partial charge in [-0.3, -0.25) is 9.59 Å². The maximum Gasteiger partial charge on any atom is 0.303 e. The third-order valence-electron chi connectivity index (χ3n) is 3.78. The number of amides is 1. The van der Waals surface area contributed by atoms with Gasteiger partial charge in [-0.1, -0.05) is 20.8 Å². The quantitative estimate of drug-likeness (QED) is 0.715. The zero-order valence-electron chi connectivity index (χ0n) is 12.7. The highest BCUT2D eigenvalue weighted by Crippen LogP contribution is 2.23. The number of carboxylic acid groups (broad SMARTS) is 1. The largest absolute Gasteiger partial charge is 0.481 e. The molecule has 0 spiro atoms. The van der Waals surface area contributed by atoms with Crippen LogP contribution in [0.3, 0.4) is 0 Å². The molecule has 3 atom stereocenters. The molecule has 1 aliphatic rings. The molecule has 116 valence electrons. The van der Waals surface area contributed by atoms with Crippen molar-refractivity contribution in [2.45, 2.75) is 52.6 Å². The molecule has 0 radical (unpaired) electrons. The van der Waals surface area contributed by atoms with E-state index in [1.807, 2.05) is 6.92 Å². The van der Waals surface area contributed by atoms with Gasteiger partial charge in [0.2, 0.25) is 5.91 Å². The fourth-order valence-corrected chi connectivity index (χ4v) is 2.88. The normalized spacial score (nSPS) is 23.8. The van der Waals surface area contributed by atoms with Gasteiger partial charge in [0.25, 0.3) is 0 Å². The van der Waals surface area contributed by atoms with Gasteiger partial charge < -0.3 is 15.2 Å². The summed E-state index contributed by atoms with van der Waals surface area (Å²) >= 11 is 0. The standard InChI is InChI=1S/C15H27NO4/c1-4-13-12(5-6-20-13)15(19)16-9-11(7-10(2)3)8-14(17)18/h10-13H,4-9H2,1-3H3,(H,16,19)(H,17,18)/t11-,12?,13?/m0/s1. The van der Waals surface area contributed by atoms with Crippen molar-refractivity contribution in [1.29, 1.82) is 0 Å². The second-order valence-corrected chi connectivity index (χ2v) is 6.05. The third-order valence-corrected chi connectivity index (χ3v) is 3.78. The summed E-state index contributed by atoms with van der Waals surface area (Å²) in [5, 5.41) is 11.8. The van der Waals surface area contributed by atoms with E-state index in [1.54, 1.807) is 0 Å². The number of aliphatic carboxylic acids is 1. The topological polar surface area (TPSA) is 75.6 Å².